The molecule has 0 saturated carbocycles. The first-order valence-corrected chi connectivity index (χ1v) is 9.90. The lowest BCUT2D eigenvalue weighted by molar-refractivity contribution is -0.121. The van der Waals surface area contributed by atoms with Crippen molar-refractivity contribution in [1.29, 1.82) is 5.26 Å². The highest BCUT2D eigenvalue weighted by molar-refractivity contribution is 6.25. The van der Waals surface area contributed by atoms with E-state index in [1.165, 1.54) is 17.2 Å². The summed E-state index contributed by atoms with van der Waals surface area (Å²) in [5.74, 6) is -0.569. The summed E-state index contributed by atoms with van der Waals surface area (Å²) in [6.45, 7) is 0.349. The van der Waals surface area contributed by atoms with Crippen LogP contribution in [0.1, 0.15) is 22.5 Å². The van der Waals surface area contributed by atoms with E-state index in [0.29, 0.717) is 35.0 Å². The Morgan fingerprint density at radius 2 is 1.94 bits per heavy atom. The van der Waals surface area contributed by atoms with Crippen molar-refractivity contribution in [2.75, 3.05) is 11.4 Å². The summed E-state index contributed by atoms with van der Waals surface area (Å²) in [4.78, 5) is 44.0. The fourth-order valence-corrected chi connectivity index (χ4v) is 5.16. The first-order valence-electron chi connectivity index (χ1n) is 9.90. The van der Waals surface area contributed by atoms with E-state index < -0.39 is 12.1 Å². The van der Waals surface area contributed by atoms with Gasteiger partial charge in [-0.3, -0.25) is 9.59 Å². The molecule has 2 aromatic carbocycles. The number of nitrogens with zero attached hydrogens (tertiary/aromatic N) is 5. The molecule has 0 radical (unpaired) electrons. The van der Waals surface area contributed by atoms with Gasteiger partial charge in [0, 0.05) is 23.4 Å². The Hall–Kier alpha value is -4.19. The Bertz CT molecular complexity index is 1310. The summed E-state index contributed by atoms with van der Waals surface area (Å²) < 4.78 is 4.99. The number of fused-ring (bicyclic) bond motifs is 6. The molecule has 3 atom stereocenters. The summed E-state index contributed by atoms with van der Waals surface area (Å²) in [5, 5.41) is 14.3. The third-order valence-electron chi connectivity index (χ3n) is 6.44. The maximum absolute atomic E-state index is 13.5. The molecule has 4 amide bonds. The molecule has 3 aliphatic rings. The molecule has 31 heavy (non-hydrogen) atoms. The van der Waals surface area contributed by atoms with Gasteiger partial charge >= 0.3 is 6.03 Å². The van der Waals surface area contributed by atoms with E-state index in [2.05, 4.69) is 11.2 Å². The lowest BCUT2D eigenvalue weighted by Gasteiger charge is -2.34. The van der Waals surface area contributed by atoms with Crippen LogP contribution >= 0.6 is 0 Å². The number of hydrogen-bond donors (Lipinski definition) is 0. The number of urea groups is 1. The molecule has 2 bridgehead atoms. The van der Waals surface area contributed by atoms with Gasteiger partial charge in [0.15, 0.2) is 0 Å². The van der Waals surface area contributed by atoms with Gasteiger partial charge in [-0.1, -0.05) is 29.4 Å². The molecule has 9 nitrogen and oxygen atoms in total. The Labute approximate surface area is 176 Å². The highest BCUT2D eigenvalue weighted by Gasteiger charge is 2.63. The van der Waals surface area contributed by atoms with Crippen molar-refractivity contribution < 1.29 is 18.9 Å². The molecular formula is C22H15N5O4. The average molecular weight is 413 g/mol. The Morgan fingerprint density at radius 3 is 2.68 bits per heavy atom. The molecule has 0 N–H and O–H groups in total. The number of piperazine rings is 1. The average Bonchev–Trinajstić information content (AvgIpc) is 3.57. The van der Waals surface area contributed by atoms with Gasteiger partial charge in [-0.25, -0.2) is 9.69 Å². The molecule has 6 rings (SSSR count). The number of anilines is 1. The number of imide groups is 1. The first kappa shape index (κ1) is 17.7. The highest BCUT2D eigenvalue weighted by Crippen LogP contribution is 2.44. The van der Waals surface area contributed by atoms with E-state index in [-0.39, 0.29) is 29.6 Å². The summed E-state index contributed by atoms with van der Waals surface area (Å²) in [5.41, 5.74) is 0.925. The van der Waals surface area contributed by atoms with Crippen LogP contribution in [0.2, 0.25) is 0 Å². The third-order valence-corrected chi connectivity index (χ3v) is 6.44. The maximum atomic E-state index is 13.5. The molecule has 9 heteroatoms. The Kier molecular flexibility index (Phi) is 3.50. The van der Waals surface area contributed by atoms with Gasteiger partial charge in [0.25, 0.3) is 11.8 Å². The van der Waals surface area contributed by atoms with Gasteiger partial charge < -0.3 is 14.3 Å². The fraction of sp³-hybridized carbons (Fsp3) is 0.227. The number of carbonyl (C=O) groups is 3. The zero-order valence-corrected chi connectivity index (χ0v) is 16.1. The maximum Gasteiger partial charge on any atom is 0.332 e. The van der Waals surface area contributed by atoms with Crippen molar-refractivity contribution in [1.82, 2.24) is 15.0 Å². The summed E-state index contributed by atoms with van der Waals surface area (Å²) in [6.07, 6.45) is 1.96. The molecule has 0 aliphatic carbocycles. The second-order valence-electron chi connectivity index (χ2n) is 7.89. The molecular weight excluding hydrogens is 398 g/mol. The number of carbonyl (C=O) groups excluding carboxylic acids is 3. The van der Waals surface area contributed by atoms with E-state index in [1.807, 2.05) is 6.07 Å². The van der Waals surface area contributed by atoms with Crippen LogP contribution in [-0.2, 0) is 4.79 Å². The van der Waals surface area contributed by atoms with Crippen LogP contribution in [0.4, 0.5) is 10.5 Å². The van der Waals surface area contributed by atoms with E-state index in [9.17, 15) is 19.6 Å². The van der Waals surface area contributed by atoms with Crippen LogP contribution in [0, 0.1) is 11.3 Å². The van der Waals surface area contributed by atoms with E-state index in [4.69, 9.17) is 4.52 Å². The fourth-order valence-electron chi connectivity index (χ4n) is 5.16. The van der Waals surface area contributed by atoms with Crippen molar-refractivity contribution in [2.45, 2.75) is 24.5 Å². The number of likely N-dealkylation sites (tertiary alicyclic amines) is 1. The Morgan fingerprint density at radius 1 is 1.13 bits per heavy atom. The summed E-state index contributed by atoms with van der Waals surface area (Å²) in [6, 6.07) is 12.4. The summed E-state index contributed by atoms with van der Waals surface area (Å²) >= 11 is 0. The van der Waals surface area contributed by atoms with E-state index in [1.54, 1.807) is 40.1 Å². The van der Waals surface area contributed by atoms with Crippen molar-refractivity contribution in [3.05, 3.63) is 60.0 Å². The van der Waals surface area contributed by atoms with Gasteiger partial charge in [-0.15, -0.1) is 0 Å². The van der Waals surface area contributed by atoms with Crippen LogP contribution < -0.4 is 4.90 Å². The van der Waals surface area contributed by atoms with E-state index >= 15 is 0 Å². The van der Waals surface area contributed by atoms with Crippen LogP contribution in [0.3, 0.4) is 0 Å². The number of aromatic nitrogens is 1. The SMILES string of the molecule is N#Cc1ccc(N2C(=O)[C@@H]3[C@@H]4C[C@@H](CN4C(=O)c4ccno4)N3C2=O)c2ccccc12. The quantitative estimate of drug-likeness (QED) is 0.595. The minimum atomic E-state index is -0.729. The predicted molar refractivity (Wildman–Crippen MR) is 107 cm³/mol. The van der Waals surface area contributed by atoms with Gasteiger partial charge in [-0.05, 0) is 18.6 Å². The molecule has 3 fully saturated rings. The minimum Gasteiger partial charge on any atom is -0.351 e. The summed E-state index contributed by atoms with van der Waals surface area (Å²) in [7, 11) is 0. The molecule has 4 heterocycles. The van der Waals surface area contributed by atoms with Gasteiger partial charge in [-0.2, -0.15) is 5.26 Å². The minimum absolute atomic E-state index is 0.116. The second kappa shape index (κ2) is 6.15. The number of benzene rings is 2. The number of amides is 4. The standard InChI is InChI=1S/C22H15N5O4/c23-10-12-5-6-16(15-4-2-1-3-14(12)15)27-21(29)19-17-9-13(26(19)22(27)30)11-25(17)20(28)18-7-8-24-31-18/h1-8,13,17,19H,9,11H2/t13-,17-,19-/m0/s1. The number of nitriles is 1. The van der Waals surface area contributed by atoms with Crippen molar-refractivity contribution >= 4 is 34.3 Å². The molecule has 3 saturated heterocycles. The first-order chi connectivity index (χ1) is 15.1. The monoisotopic (exact) mass is 413 g/mol. The van der Waals surface area contributed by atoms with Gasteiger partial charge in [0.2, 0.25) is 5.76 Å². The molecule has 3 aromatic rings. The third kappa shape index (κ3) is 2.24. The number of rotatable bonds is 2. The number of hydrogen-bond acceptors (Lipinski definition) is 6. The zero-order valence-electron chi connectivity index (χ0n) is 16.1. The van der Waals surface area contributed by atoms with Crippen LogP contribution in [0.5, 0.6) is 0 Å². The lowest BCUT2D eigenvalue weighted by atomic mass is 10.0. The lowest BCUT2D eigenvalue weighted by Crippen LogP contribution is -2.54. The Balaban J connectivity index is 1.39. The predicted octanol–water partition coefficient (Wildman–Crippen LogP) is 2.13. The molecule has 0 spiro atoms. The van der Waals surface area contributed by atoms with Crippen LogP contribution in [-0.4, -0.2) is 57.5 Å². The van der Waals surface area contributed by atoms with Gasteiger partial charge in [0.05, 0.1) is 35.6 Å². The van der Waals surface area contributed by atoms with Gasteiger partial charge in [0.1, 0.15) is 6.04 Å². The van der Waals surface area contributed by atoms with Crippen LogP contribution in [0.25, 0.3) is 10.8 Å². The van der Waals surface area contributed by atoms with Crippen LogP contribution in [0.15, 0.2) is 53.2 Å². The normalized spacial score (nSPS) is 24.2. The molecule has 0 unspecified atom stereocenters. The molecule has 152 valence electrons. The topological polar surface area (TPSA) is 111 Å². The zero-order chi connectivity index (χ0) is 21.3. The smallest absolute Gasteiger partial charge is 0.332 e. The molecule has 3 aliphatic heterocycles. The highest BCUT2D eigenvalue weighted by atomic mass is 16.5. The molecule has 1 aromatic heterocycles. The largest absolute Gasteiger partial charge is 0.351 e. The van der Waals surface area contributed by atoms with E-state index in [0.717, 1.165) is 0 Å². The van der Waals surface area contributed by atoms with Crippen molar-refractivity contribution in [2.24, 2.45) is 0 Å². The van der Waals surface area contributed by atoms with Crippen molar-refractivity contribution in [3.8, 4) is 6.07 Å². The second-order valence-corrected chi connectivity index (χ2v) is 7.89. The van der Waals surface area contributed by atoms with Crippen molar-refractivity contribution in [3.63, 3.8) is 0 Å².